The van der Waals surface area contributed by atoms with Gasteiger partial charge in [0.15, 0.2) is 0 Å². The van der Waals surface area contributed by atoms with Crippen LogP contribution in [0.15, 0.2) is 18.2 Å². The minimum Gasteiger partial charge on any atom is -0.303 e. The molecule has 0 amide bonds. The maximum atomic E-state index is 12.3. The molecule has 0 saturated heterocycles. The molecule has 14 heavy (non-hydrogen) atoms. The molecule has 1 nitrogen and oxygen atoms in total. The number of carbonyl (C=O) groups is 1. The van der Waals surface area contributed by atoms with Crippen LogP contribution >= 0.6 is 0 Å². The van der Waals surface area contributed by atoms with E-state index in [0.717, 1.165) is 6.07 Å². The highest BCUT2D eigenvalue weighted by Crippen LogP contribution is 2.31. The maximum absolute atomic E-state index is 12.3. The van der Waals surface area contributed by atoms with Crippen LogP contribution in [-0.2, 0) is 17.4 Å². The Hall–Kier alpha value is -1.32. The molecule has 0 bridgehead atoms. The maximum Gasteiger partial charge on any atom is 0.416 e. The molecule has 76 valence electrons. The van der Waals surface area contributed by atoms with Crippen LogP contribution in [0.4, 0.5) is 13.2 Å². The SMILES string of the molecule is Cc1cc(CC=O)ccc1C(F)(F)F. The van der Waals surface area contributed by atoms with Crippen LogP contribution in [-0.4, -0.2) is 6.29 Å². The number of carbonyl (C=O) groups excluding carboxylic acids is 1. The van der Waals surface area contributed by atoms with Crippen molar-refractivity contribution in [3.05, 3.63) is 34.9 Å². The first-order valence-electron chi connectivity index (χ1n) is 4.05. The molecule has 1 aromatic rings. The molecule has 0 saturated carbocycles. The van der Waals surface area contributed by atoms with Gasteiger partial charge in [0.25, 0.3) is 0 Å². The normalized spacial score (nSPS) is 11.4. The van der Waals surface area contributed by atoms with Gasteiger partial charge in [-0.3, -0.25) is 0 Å². The zero-order valence-electron chi connectivity index (χ0n) is 7.56. The Morgan fingerprint density at radius 3 is 2.43 bits per heavy atom. The number of aldehydes is 1. The predicted molar refractivity (Wildman–Crippen MR) is 45.9 cm³/mol. The average molecular weight is 202 g/mol. The highest BCUT2D eigenvalue weighted by molar-refractivity contribution is 5.55. The second kappa shape index (κ2) is 3.82. The van der Waals surface area contributed by atoms with Crippen molar-refractivity contribution >= 4 is 6.29 Å². The van der Waals surface area contributed by atoms with Crippen LogP contribution in [0.2, 0.25) is 0 Å². The fourth-order valence-electron chi connectivity index (χ4n) is 1.27. The molecule has 0 aromatic heterocycles. The number of halogens is 3. The van der Waals surface area contributed by atoms with Gasteiger partial charge in [-0.15, -0.1) is 0 Å². The standard InChI is InChI=1S/C10H9F3O/c1-7-6-8(4-5-14)2-3-9(7)10(11,12)13/h2-3,5-6H,4H2,1H3. The van der Waals surface area contributed by atoms with Crippen molar-refractivity contribution in [3.8, 4) is 0 Å². The molecular formula is C10H9F3O. The van der Waals surface area contributed by atoms with Crippen LogP contribution in [0.5, 0.6) is 0 Å². The predicted octanol–water partition coefficient (Wildman–Crippen LogP) is 2.76. The zero-order chi connectivity index (χ0) is 10.8. The van der Waals surface area contributed by atoms with Gasteiger partial charge >= 0.3 is 6.18 Å². The summed E-state index contributed by atoms with van der Waals surface area (Å²) in [4.78, 5) is 10.1. The Morgan fingerprint density at radius 2 is 2.00 bits per heavy atom. The van der Waals surface area contributed by atoms with Crippen molar-refractivity contribution in [2.45, 2.75) is 19.5 Å². The topological polar surface area (TPSA) is 17.1 Å². The summed E-state index contributed by atoms with van der Waals surface area (Å²) >= 11 is 0. The molecule has 0 fully saturated rings. The van der Waals surface area contributed by atoms with Crippen molar-refractivity contribution in [2.24, 2.45) is 0 Å². The fraction of sp³-hybridized carbons (Fsp3) is 0.300. The lowest BCUT2D eigenvalue weighted by Gasteiger charge is -2.10. The third-order valence-corrected chi connectivity index (χ3v) is 1.92. The monoisotopic (exact) mass is 202 g/mol. The number of benzene rings is 1. The first-order valence-corrected chi connectivity index (χ1v) is 4.05. The van der Waals surface area contributed by atoms with E-state index in [-0.39, 0.29) is 12.0 Å². The fourth-order valence-corrected chi connectivity index (χ4v) is 1.27. The van der Waals surface area contributed by atoms with Crippen LogP contribution in [0.3, 0.4) is 0 Å². The second-order valence-corrected chi connectivity index (χ2v) is 3.02. The summed E-state index contributed by atoms with van der Waals surface area (Å²) in [6, 6.07) is 3.72. The molecule has 0 atom stereocenters. The quantitative estimate of drug-likeness (QED) is 0.674. The third kappa shape index (κ3) is 2.34. The highest BCUT2D eigenvalue weighted by atomic mass is 19.4. The molecule has 4 heteroatoms. The third-order valence-electron chi connectivity index (χ3n) is 1.92. The van der Waals surface area contributed by atoms with Crippen molar-refractivity contribution < 1.29 is 18.0 Å². The van der Waals surface area contributed by atoms with E-state index in [9.17, 15) is 18.0 Å². The van der Waals surface area contributed by atoms with Crippen LogP contribution in [0.25, 0.3) is 0 Å². The van der Waals surface area contributed by atoms with Gasteiger partial charge in [-0.05, 0) is 24.1 Å². The van der Waals surface area contributed by atoms with Gasteiger partial charge in [-0.1, -0.05) is 12.1 Å². The Balaban J connectivity index is 3.07. The van der Waals surface area contributed by atoms with Gasteiger partial charge < -0.3 is 4.79 Å². The molecule has 0 N–H and O–H groups in total. The van der Waals surface area contributed by atoms with Gasteiger partial charge in [-0.2, -0.15) is 13.2 Å². The van der Waals surface area contributed by atoms with Gasteiger partial charge in [0.2, 0.25) is 0 Å². The van der Waals surface area contributed by atoms with E-state index in [1.165, 1.54) is 19.1 Å². The summed E-state index contributed by atoms with van der Waals surface area (Å²) in [5, 5.41) is 0. The van der Waals surface area contributed by atoms with E-state index in [2.05, 4.69) is 0 Å². The number of hydrogen-bond donors (Lipinski definition) is 0. The summed E-state index contributed by atoms with van der Waals surface area (Å²) < 4.78 is 36.9. The van der Waals surface area contributed by atoms with E-state index in [1.54, 1.807) is 0 Å². The van der Waals surface area contributed by atoms with E-state index >= 15 is 0 Å². The number of rotatable bonds is 2. The summed E-state index contributed by atoms with van der Waals surface area (Å²) in [5.74, 6) is 0. The molecule has 0 unspecified atom stereocenters. The molecule has 0 aliphatic rings. The number of alkyl halides is 3. The van der Waals surface area contributed by atoms with E-state index in [1.807, 2.05) is 0 Å². The van der Waals surface area contributed by atoms with E-state index < -0.39 is 11.7 Å². The Kier molecular flexibility index (Phi) is 2.93. The Bertz CT molecular complexity index is 342. The first-order chi connectivity index (χ1) is 6.45. The second-order valence-electron chi connectivity index (χ2n) is 3.02. The summed E-state index contributed by atoms with van der Waals surface area (Å²) in [6.07, 6.45) is -3.50. The molecule has 0 spiro atoms. The van der Waals surface area contributed by atoms with Crippen molar-refractivity contribution in [1.29, 1.82) is 0 Å². The van der Waals surface area contributed by atoms with Crippen LogP contribution in [0.1, 0.15) is 16.7 Å². The van der Waals surface area contributed by atoms with Crippen molar-refractivity contribution in [1.82, 2.24) is 0 Å². The highest BCUT2D eigenvalue weighted by Gasteiger charge is 2.31. The van der Waals surface area contributed by atoms with Crippen LogP contribution < -0.4 is 0 Å². The number of aryl methyl sites for hydroxylation is 1. The lowest BCUT2D eigenvalue weighted by molar-refractivity contribution is -0.138. The number of hydrogen-bond acceptors (Lipinski definition) is 1. The molecule has 1 rings (SSSR count). The van der Waals surface area contributed by atoms with Gasteiger partial charge in [0.05, 0.1) is 5.56 Å². The smallest absolute Gasteiger partial charge is 0.303 e. The molecule has 0 aliphatic carbocycles. The summed E-state index contributed by atoms with van der Waals surface area (Å²) in [5.41, 5.74) is 0.106. The van der Waals surface area contributed by atoms with E-state index in [4.69, 9.17) is 0 Å². The van der Waals surface area contributed by atoms with Gasteiger partial charge in [-0.25, -0.2) is 0 Å². The molecule has 0 heterocycles. The Labute approximate surface area is 79.5 Å². The summed E-state index contributed by atoms with van der Waals surface area (Å²) in [6.45, 7) is 1.39. The largest absolute Gasteiger partial charge is 0.416 e. The van der Waals surface area contributed by atoms with Gasteiger partial charge in [0, 0.05) is 6.42 Å². The lowest BCUT2D eigenvalue weighted by Crippen LogP contribution is -2.07. The minimum absolute atomic E-state index is 0.150. The Morgan fingerprint density at radius 1 is 1.36 bits per heavy atom. The average Bonchev–Trinajstić information content (AvgIpc) is 2.02. The van der Waals surface area contributed by atoms with Crippen molar-refractivity contribution in [2.75, 3.05) is 0 Å². The van der Waals surface area contributed by atoms with Gasteiger partial charge in [0.1, 0.15) is 6.29 Å². The molecular weight excluding hydrogens is 193 g/mol. The lowest BCUT2D eigenvalue weighted by atomic mass is 10.0. The molecule has 0 radical (unpaired) electrons. The first kappa shape index (κ1) is 10.8. The van der Waals surface area contributed by atoms with Crippen molar-refractivity contribution in [3.63, 3.8) is 0 Å². The summed E-state index contributed by atoms with van der Waals surface area (Å²) in [7, 11) is 0. The molecule has 1 aromatic carbocycles. The zero-order valence-corrected chi connectivity index (χ0v) is 7.56. The van der Waals surface area contributed by atoms with E-state index in [0.29, 0.717) is 11.8 Å². The molecule has 0 aliphatic heterocycles. The van der Waals surface area contributed by atoms with Crippen LogP contribution in [0, 0.1) is 6.92 Å². The minimum atomic E-state index is -4.32.